The van der Waals surface area contributed by atoms with Crippen molar-refractivity contribution >= 4 is 40.0 Å². The molecule has 1 aromatic heterocycles. The summed E-state index contributed by atoms with van der Waals surface area (Å²) < 4.78 is 36.9. The lowest BCUT2D eigenvalue weighted by molar-refractivity contribution is -0.123. The third-order valence-electron chi connectivity index (χ3n) is 3.74. The van der Waals surface area contributed by atoms with Gasteiger partial charge >= 0.3 is 6.18 Å². The monoisotopic (exact) mass is 395 g/mol. The molecular formula is C18H13ClF3N3O2. The van der Waals surface area contributed by atoms with E-state index < -0.39 is 24.5 Å². The molecule has 0 saturated heterocycles. The predicted molar refractivity (Wildman–Crippen MR) is 96.1 cm³/mol. The SMILES string of the molecule is O=C(NCC(F)(F)F)c1ccccc1NC(=O)c1[nH]c2ccccc2c1Cl. The zero-order valence-corrected chi connectivity index (χ0v) is 14.4. The van der Waals surface area contributed by atoms with E-state index in [-0.39, 0.29) is 22.0 Å². The van der Waals surface area contributed by atoms with Crippen molar-refractivity contribution in [2.24, 2.45) is 0 Å². The number of anilines is 1. The van der Waals surface area contributed by atoms with Crippen molar-refractivity contribution in [3.05, 3.63) is 64.8 Å². The number of alkyl halides is 3. The topological polar surface area (TPSA) is 74.0 Å². The Morgan fingerprint density at radius 1 is 1.00 bits per heavy atom. The van der Waals surface area contributed by atoms with Crippen molar-refractivity contribution in [1.82, 2.24) is 10.3 Å². The highest BCUT2D eigenvalue weighted by Crippen LogP contribution is 2.28. The van der Waals surface area contributed by atoms with Crippen LogP contribution in [0.25, 0.3) is 10.9 Å². The number of benzene rings is 2. The maximum absolute atomic E-state index is 12.6. The second-order valence-corrected chi connectivity index (χ2v) is 6.04. The summed E-state index contributed by atoms with van der Waals surface area (Å²) in [6.45, 7) is -1.47. The van der Waals surface area contributed by atoms with Gasteiger partial charge in [0.05, 0.1) is 16.3 Å². The normalized spacial score (nSPS) is 11.4. The smallest absolute Gasteiger partial charge is 0.349 e. The number of nitrogens with one attached hydrogen (secondary N) is 3. The molecule has 9 heteroatoms. The molecule has 140 valence electrons. The van der Waals surface area contributed by atoms with Gasteiger partial charge in [-0.25, -0.2) is 0 Å². The number of halogens is 4. The molecule has 2 amide bonds. The first-order valence-corrected chi connectivity index (χ1v) is 8.15. The van der Waals surface area contributed by atoms with Crippen LogP contribution in [0.3, 0.4) is 0 Å². The zero-order valence-electron chi connectivity index (χ0n) is 13.7. The lowest BCUT2D eigenvalue weighted by Gasteiger charge is -2.12. The van der Waals surface area contributed by atoms with Crippen LogP contribution in [0.1, 0.15) is 20.8 Å². The number of rotatable bonds is 4. The number of amides is 2. The standard InChI is InChI=1S/C18H13ClF3N3O2/c19-14-10-5-1-3-7-12(10)24-15(14)17(27)25-13-8-4-2-6-11(13)16(26)23-9-18(20,21)22/h1-8,24H,9H2,(H,23,26)(H,25,27). The highest BCUT2D eigenvalue weighted by molar-refractivity contribution is 6.39. The molecule has 3 aromatic rings. The van der Waals surface area contributed by atoms with E-state index >= 15 is 0 Å². The molecule has 0 aliphatic heterocycles. The van der Waals surface area contributed by atoms with E-state index in [0.717, 1.165) is 0 Å². The lowest BCUT2D eigenvalue weighted by Crippen LogP contribution is -2.34. The van der Waals surface area contributed by atoms with Gasteiger partial charge in [-0.1, -0.05) is 41.9 Å². The lowest BCUT2D eigenvalue weighted by atomic mass is 10.1. The summed E-state index contributed by atoms with van der Waals surface area (Å²) in [5.41, 5.74) is 0.714. The summed E-state index contributed by atoms with van der Waals surface area (Å²) in [6, 6.07) is 12.8. The highest BCUT2D eigenvalue weighted by atomic mass is 35.5. The first-order chi connectivity index (χ1) is 12.8. The van der Waals surface area contributed by atoms with E-state index in [1.165, 1.54) is 18.2 Å². The second kappa shape index (κ2) is 7.32. The third-order valence-corrected chi connectivity index (χ3v) is 4.13. The van der Waals surface area contributed by atoms with Gasteiger partial charge in [-0.05, 0) is 18.2 Å². The molecule has 0 fully saturated rings. The van der Waals surface area contributed by atoms with Crippen LogP contribution in [-0.4, -0.2) is 29.5 Å². The minimum absolute atomic E-state index is 0.0666. The van der Waals surface area contributed by atoms with E-state index in [1.54, 1.807) is 35.6 Å². The van der Waals surface area contributed by atoms with Gasteiger partial charge < -0.3 is 15.6 Å². The summed E-state index contributed by atoms with van der Waals surface area (Å²) in [6.07, 6.45) is -4.54. The summed E-state index contributed by atoms with van der Waals surface area (Å²) in [5, 5.41) is 5.15. The van der Waals surface area contributed by atoms with Gasteiger partial charge in [0.15, 0.2) is 0 Å². The molecule has 27 heavy (non-hydrogen) atoms. The molecule has 0 aliphatic carbocycles. The van der Waals surface area contributed by atoms with E-state index in [9.17, 15) is 22.8 Å². The summed E-state index contributed by atoms with van der Waals surface area (Å²) in [5.74, 6) is -1.57. The van der Waals surface area contributed by atoms with Gasteiger partial charge in [0.2, 0.25) is 0 Å². The average Bonchev–Trinajstić information content (AvgIpc) is 2.97. The van der Waals surface area contributed by atoms with Gasteiger partial charge in [0, 0.05) is 10.9 Å². The van der Waals surface area contributed by atoms with Crippen molar-refractivity contribution < 1.29 is 22.8 Å². The van der Waals surface area contributed by atoms with Crippen molar-refractivity contribution in [1.29, 1.82) is 0 Å². The zero-order chi connectivity index (χ0) is 19.6. The second-order valence-electron chi connectivity index (χ2n) is 5.66. The number of aromatic amines is 1. The van der Waals surface area contributed by atoms with Crippen LogP contribution in [-0.2, 0) is 0 Å². The number of hydrogen-bond donors (Lipinski definition) is 3. The van der Waals surface area contributed by atoms with Gasteiger partial charge in [0.25, 0.3) is 11.8 Å². The van der Waals surface area contributed by atoms with E-state index in [4.69, 9.17) is 11.6 Å². The first-order valence-electron chi connectivity index (χ1n) is 7.78. The third kappa shape index (κ3) is 4.22. The number of para-hydroxylation sites is 2. The number of carbonyl (C=O) groups is 2. The number of aromatic nitrogens is 1. The number of carbonyl (C=O) groups excluding carboxylic acids is 2. The summed E-state index contributed by atoms with van der Waals surface area (Å²) >= 11 is 6.22. The molecule has 0 saturated carbocycles. The predicted octanol–water partition coefficient (Wildman–Crippen LogP) is 4.37. The Morgan fingerprint density at radius 3 is 2.37 bits per heavy atom. The van der Waals surface area contributed by atoms with Crippen molar-refractivity contribution in [2.45, 2.75) is 6.18 Å². The van der Waals surface area contributed by atoms with Gasteiger partial charge in [-0.3, -0.25) is 9.59 Å². The molecule has 0 bridgehead atoms. The molecule has 3 N–H and O–H groups in total. The van der Waals surface area contributed by atoms with Crippen molar-refractivity contribution in [3.63, 3.8) is 0 Å². The van der Waals surface area contributed by atoms with Crippen molar-refractivity contribution in [2.75, 3.05) is 11.9 Å². The number of fused-ring (bicyclic) bond motifs is 1. The maximum atomic E-state index is 12.6. The average molecular weight is 396 g/mol. The summed E-state index contributed by atoms with van der Waals surface area (Å²) in [4.78, 5) is 27.5. The Kier molecular flexibility index (Phi) is 5.09. The van der Waals surface area contributed by atoms with Crippen LogP contribution >= 0.6 is 11.6 Å². The largest absolute Gasteiger partial charge is 0.405 e. The molecule has 1 heterocycles. The fourth-order valence-corrected chi connectivity index (χ4v) is 2.81. The van der Waals surface area contributed by atoms with E-state index in [1.807, 2.05) is 0 Å². The first kappa shape index (κ1) is 18.8. The molecule has 0 radical (unpaired) electrons. The molecule has 2 aromatic carbocycles. The minimum atomic E-state index is -4.54. The Hall–Kier alpha value is -3.00. The fourth-order valence-electron chi connectivity index (χ4n) is 2.51. The maximum Gasteiger partial charge on any atom is 0.405 e. The van der Waals surface area contributed by atoms with E-state index in [0.29, 0.717) is 10.9 Å². The molecule has 5 nitrogen and oxygen atoms in total. The molecule has 0 aliphatic rings. The Balaban J connectivity index is 1.84. The molecule has 0 unspecified atom stereocenters. The van der Waals surface area contributed by atoms with Crippen LogP contribution in [0.4, 0.5) is 18.9 Å². The van der Waals surface area contributed by atoms with Crippen LogP contribution in [0, 0.1) is 0 Å². The quantitative estimate of drug-likeness (QED) is 0.614. The molecule has 0 atom stereocenters. The van der Waals surface area contributed by atoms with Gasteiger partial charge in [-0.15, -0.1) is 0 Å². The fraction of sp³-hybridized carbons (Fsp3) is 0.111. The number of H-pyrrole nitrogens is 1. The molecule has 0 spiro atoms. The highest BCUT2D eigenvalue weighted by Gasteiger charge is 2.28. The Labute approximate surface area is 156 Å². The van der Waals surface area contributed by atoms with Crippen LogP contribution in [0.2, 0.25) is 5.02 Å². The van der Waals surface area contributed by atoms with Gasteiger partial charge in [-0.2, -0.15) is 13.2 Å². The van der Waals surface area contributed by atoms with E-state index in [2.05, 4.69) is 10.3 Å². The van der Waals surface area contributed by atoms with Crippen LogP contribution in [0.15, 0.2) is 48.5 Å². The Morgan fingerprint density at radius 2 is 1.67 bits per heavy atom. The Bertz CT molecular complexity index is 1010. The van der Waals surface area contributed by atoms with Crippen LogP contribution in [0.5, 0.6) is 0 Å². The minimum Gasteiger partial charge on any atom is -0.349 e. The van der Waals surface area contributed by atoms with Crippen molar-refractivity contribution in [3.8, 4) is 0 Å². The molecular weight excluding hydrogens is 383 g/mol. The van der Waals surface area contributed by atoms with Crippen LogP contribution < -0.4 is 10.6 Å². The summed E-state index contributed by atoms with van der Waals surface area (Å²) in [7, 11) is 0. The van der Waals surface area contributed by atoms with Gasteiger partial charge in [0.1, 0.15) is 12.2 Å². The molecule has 3 rings (SSSR count). The number of hydrogen-bond acceptors (Lipinski definition) is 2.